The maximum Gasteiger partial charge on any atom is 0.256 e. The first-order chi connectivity index (χ1) is 8.74. The van der Waals surface area contributed by atoms with Crippen molar-refractivity contribution in [1.29, 1.82) is 0 Å². The zero-order valence-electron chi connectivity index (χ0n) is 9.48. The molecule has 0 saturated heterocycles. The molecule has 1 heterocycles. The van der Waals surface area contributed by atoms with Gasteiger partial charge in [-0.1, -0.05) is 41.9 Å². The van der Waals surface area contributed by atoms with Gasteiger partial charge in [-0.3, -0.25) is 4.79 Å². The lowest BCUT2D eigenvalue weighted by molar-refractivity contribution is -0.110. The Kier molecular flexibility index (Phi) is 2.65. The number of fused-ring (bicyclic) bond motifs is 1. The quantitative estimate of drug-likeness (QED) is 0.771. The van der Waals surface area contributed by atoms with E-state index in [0.717, 1.165) is 16.8 Å². The molecule has 0 atom stereocenters. The van der Waals surface area contributed by atoms with Crippen molar-refractivity contribution in [2.24, 2.45) is 0 Å². The van der Waals surface area contributed by atoms with Gasteiger partial charge in [0.25, 0.3) is 5.91 Å². The number of benzene rings is 2. The zero-order valence-corrected chi connectivity index (χ0v) is 10.2. The molecule has 0 radical (unpaired) electrons. The molecule has 0 saturated carbocycles. The summed E-state index contributed by atoms with van der Waals surface area (Å²) in [5.41, 5.74) is 3.32. The molecule has 1 aliphatic rings. The number of carbonyl (C=O) groups is 1. The second-order valence-electron chi connectivity index (χ2n) is 4.11. The molecule has 1 aliphatic heterocycles. The van der Waals surface area contributed by atoms with Gasteiger partial charge in [0.15, 0.2) is 0 Å². The first-order valence-corrected chi connectivity index (χ1v) is 6.00. The van der Waals surface area contributed by atoms with Crippen LogP contribution in [0.4, 0.5) is 5.69 Å². The highest BCUT2D eigenvalue weighted by atomic mass is 35.5. The first-order valence-electron chi connectivity index (χ1n) is 5.62. The van der Waals surface area contributed by atoms with E-state index in [1.54, 1.807) is 6.07 Å². The molecule has 0 spiro atoms. The number of hydrogen-bond donors (Lipinski definition) is 1. The summed E-state index contributed by atoms with van der Waals surface area (Å²) in [6, 6.07) is 15.2. The summed E-state index contributed by atoms with van der Waals surface area (Å²) < 4.78 is 0. The molecule has 1 N–H and O–H groups in total. The molecule has 88 valence electrons. The monoisotopic (exact) mass is 255 g/mol. The summed E-state index contributed by atoms with van der Waals surface area (Å²) in [5.74, 6) is -0.0869. The molecule has 3 rings (SSSR count). The van der Waals surface area contributed by atoms with Gasteiger partial charge in [-0.05, 0) is 29.8 Å². The third-order valence-corrected chi connectivity index (χ3v) is 3.11. The summed E-state index contributed by atoms with van der Waals surface area (Å²) in [6.45, 7) is 0. The second-order valence-corrected chi connectivity index (χ2v) is 4.55. The van der Waals surface area contributed by atoms with Crippen molar-refractivity contribution < 1.29 is 4.79 Å². The molecular weight excluding hydrogens is 246 g/mol. The highest BCUT2D eigenvalue weighted by Gasteiger charge is 2.23. The van der Waals surface area contributed by atoms with E-state index >= 15 is 0 Å². The number of rotatable bonds is 1. The molecule has 2 nitrogen and oxygen atoms in total. The number of halogens is 1. The molecular formula is C15H10ClNO. The highest BCUT2D eigenvalue weighted by molar-refractivity contribution is 6.36. The van der Waals surface area contributed by atoms with E-state index in [-0.39, 0.29) is 5.91 Å². The largest absolute Gasteiger partial charge is 0.321 e. The van der Waals surface area contributed by atoms with E-state index in [2.05, 4.69) is 5.32 Å². The van der Waals surface area contributed by atoms with Gasteiger partial charge in [0.1, 0.15) is 0 Å². The van der Waals surface area contributed by atoms with Gasteiger partial charge in [-0.25, -0.2) is 0 Å². The van der Waals surface area contributed by atoms with Crippen molar-refractivity contribution >= 4 is 34.8 Å². The molecule has 1 amide bonds. The Bertz CT molecular complexity index is 647. The highest BCUT2D eigenvalue weighted by Crippen LogP contribution is 2.34. The normalized spacial score (nSPS) is 15.6. The van der Waals surface area contributed by atoms with Crippen molar-refractivity contribution in [3.8, 4) is 0 Å². The minimum atomic E-state index is -0.0869. The maximum atomic E-state index is 11.9. The maximum absolute atomic E-state index is 11.9. The van der Waals surface area contributed by atoms with Crippen LogP contribution < -0.4 is 5.32 Å². The lowest BCUT2D eigenvalue weighted by Gasteiger charge is -1.99. The van der Waals surface area contributed by atoms with Gasteiger partial charge in [-0.2, -0.15) is 0 Å². The molecule has 0 bridgehead atoms. The SMILES string of the molecule is O=C1Nc2ccc(Cl)cc2C1=Cc1ccccc1. The van der Waals surface area contributed by atoms with Crippen LogP contribution in [0.15, 0.2) is 48.5 Å². The van der Waals surface area contributed by atoms with Crippen molar-refractivity contribution in [2.45, 2.75) is 0 Å². The van der Waals surface area contributed by atoms with Gasteiger partial charge >= 0.3 is 0 Å². The summed E-state index contributed by atoms with van der Waals surface area (Å²) in [4.78, 5) is 11.9. The van der Waals surface area contributed by atoms with Crippen LogP contribution >= 0.6 is 11.6 Å². The Morgan fingerprint density at radius 3 is 2.61 bits per heavy atom. The van der Waals surface area contributed by atoms with Crippen LogP contribution in [0.2, 0.25) is 5.02 Å². The third kappa shape index (κ3) is 1.91. The lowest BCUT2D eigenvalue weighted by atomic mass is 10.0. The van der Waals surface area contributed by atoms with Gasteiger partial charge in [0, 0.05) is 21.8 Å². The molecule has 3 heteroatoms. The van der Waals surface area contributed by atoms with E-state index in [0.29, 0.717) is 10.6 Å². The summed E-state index contributed by atoms with van der Waals surface area (Å²) in [7, 11) is 0. The fourth-order valence-electron chi connectivity index (χ4n) is 2.02. The topological polar surface area (TPSA) is 29.1 Å². The van der Waals surface area contributed by atoms with E-state index in [1.165, 1.54) is 0 Å². The van der Waals surface area contributed by atoms with Crippen LogP contribution in [0.5, 0.6) is 0 Å². The zero-order chi connectivity index (χ0) is 12.5. The standard InChI is InChI=1S/C15H10ClNO/c16-11-6-7-14-12(9-11)13(15(18)17-14)8-10-4-2-1-3-5-10/h1-9H,(H,17,18). The molecule has 0 unspecified atom stereocenters. The van der Waals surface area contributed by atoms with Crippen LogP contribution in [0, 0.1) is 0 Å². The molecule has 2 aromatic rings. The molecule has 2 aromatic carbocycles. The fraction of sp³-hybridized carbons (Fsp3) is 0. The number of nitrogens with one attached hydrogen (secondary N) is 1. The Morgan fingerprint density at radius 2 is 1.83 bits per heavy atom. The minimum Gasteiger partial charge on any atom is -0.321 e. The molecule has 18 heavy (non-hydrogen) atoms. The van der Waals surface area contributed by atoms with Crippen LogP contribution in [0.3, 0.4) is 0 Å². The summed E-state index contributed by atoms with van der Waals surface area (Å²) in [5, 5.41) is 3.46. The average molecular weight is 256 g/mol. The predicted octanol–water partition coefficient (Wildman–Crippen LogP) is 3.83. The molecule has 0 aliphatic carbocycles. The van der Waals surface area contributed by atoms with Gasteiger partial charge in [0.2, 0.25) is 0 Å². The minimum absolute atomic E-state index is 0.0869. The first kappa shape index (κ1) is 11.1. The Balaban J connectivity index is 2.12. The molecule has 0 fully saturated rings. The van der Waals surface area contributed by atoms with Crippen LogP contribution in [-0.2, 0) is 4.79 Å². The van der Waals surface area contributed by atoms with E-state index in [4.69, 9.17) is 11.6 Å². The van der Waals surface area contributed by atoms with Crippen molar-refractivity contribution in [1.82, 2.24) is 0 Å². The van der Waals surface area contributed by atoms with Crippen molar-refractivity contribution in [3.63, 3.8) is 0 Å². The Labute approximate surface area is 110 Å². The summed E-state index contributed by atoms with van der Waals surface area (Å²) in [6.07, 6.45) is 1.87. The molecule has 0 aromatic heterocycles. The van der Waals surface area contributed by atoms with E-state index in [9.17, 15) is 4.79 Å². The van der Waals surface area contributed by atoms with E-state index in [1.807, 2.05) is 48.5 Å². The van der Waals surface area contributed by atoms with Crippen molar-refractivity contribution in [3.05, 3.63) is 64.7 Å². The number of carbonyl (C=O) groups excluding carboxylic acids is 1. The number of anilines is 1. The third-order valence-electron chi connectivity index (χ3n) is 2.88. The number of hydrogen-bond acceptors (Lipinski definition) is 1. The van der Waals surface area contributed by atoms with Gasteiger partial charge < -0.3 is 5.32 Å². The lowest BCUT2D eigenvalue weighted by Crippen LogP contribution is -2.03. The Hall–Kier alpha value is -2.06. The second kappa shape index (κ2) is 4.31. The fourth-order valence-corrected chi connectivity index (χ4v) is 2.19. The van der Waals surface area contributed by atoms with Crippen LogP contribution in [-0.4, -0.2) is 5.91 Å². The van der Waals surface area contributed by atoms with Crippen molar-refractivity contribution in [2.75, 3.05) is 5.32 Å². The predicted molar refractivity (Wildman–Crippen MR) is 74.4 cm³/mol. The smallest absolute Gasteiger partial charge is 0.256 e. The Morgan fingerprint density at radius 1 is 1.06 bits per heavy atom. The number of amides is 1. The van der Waals surface area contributed by atoms with Crippen LogP contribution in [0.25, 0.3) is 11.6 Å². The average Bonchev–Trinajstić information content (AvgIpc) is 2.67. The van der Waals surface area contributed by atoms with Gasteiger partial charge in [0.05, 0.1) is 0 Å². The van der Waals surface area contributed by atoms with Crippen LogP contribution in [0.1, 0.15) is 11.1 Å². The van der Waals surface area contributed by atoms with E-state index < -0.39 is 0 Å². The van der Waals surface area contributed by atoms with Gasteiger partial charge in [-0.15, -0.1) is 0 Å². The summed E-state index contributed by atoms with van der Waals surface area (Å²) >= 11 is 5.97.